The molecule has 4 aromatic rings. The van der Waals surface area contributed by atoms with Crippen molar-refractivity contribution in [1.82, 2.24) is 9.55 Å². The molecule has 0 aliphatic carbocycles. The molecule has 2 aromatic heterocycles. The SMILES string of the molecule is O=C(CSc1nc2c(oc3ccccc32)c(=O)n1CC1CCCO1)Nc1cccc(F)c1. The molecule has 1 amide bonds. The van der Waals surface area contributed by atoms with E-state index in [1.807, 2.05) is 18.2 Å². The van der Waals surface area contributed by atoms with Gasteiger partial charge in [0, 0.05) is 17.7 Å². The molecule has 2 aromatic carbocycles. The van der Waals surface area contributed by atoms with E-state index in [2.05, 4.69) is 5.32 Å². The molecule has 1 aliphatic heterocycles. The number of ether oxygens (including phenoxy) is 1. The average Bonchev–Trinajstić information content (AvgIpc) is 3.42. The number of nitrogens with one attached hydrogen (secondary N) is 1. The minimum Gasteiger partial charge on any atom is -0.448 e. The standard InChI is InChI=1S/C23H20FN3O4S/c24-14-5-3-6-15(11-14)25-19(28)13-32-23-26-20-17-8-1-2-9-18(17)31-21(20)22(29)27(23)12-16-7-4-10-30-16/h1-3,5-6,8-9,11,16H,4,7,10,12-13H2,(H,25,28). The number of halogens is 1. The number of fused-ring (bicyclic) bond motifs is 3. The van der Waals surface area contributed by atoms with Crippen LogP contribution in [0.5, 0.6) is 0 Å². The molecule has 0 saturated carbocycles. The number of aromatic nitrogens is 2. The van der Waals surface area contributed by atoms with Crippen LogP contribution in [0.3, 0.4) is 0 Å². The van der Waals surface area contributed by atoms with Gasteiger partial charge in [-0.25, -0.2) is 9.37 Å². The van der Waals surface area contributed by atoms with Gasteiger partial charge < -0.3 is 14.5 Å². The Bertz CT molecular complexity index is 1360. The second-order valence-electron chi connectivity index (χ2n) is 7.57. The first kappa shape index (κ1) is 20.7. The summed E-state index contributed by atoms with van der Waals surface area (Å²) in [6.07, 6.45) is 1.71. The number of para-hydroxylation sites is 1. The summed E-state index contributed by atoms with van der Waals surface area (Å²) in [6, 6.07) is 13.0. The number of carbonyl (C=O) groups excluding carboxylic acids is 1. The summed E-state index contributed by atoms with van der Waals surface area (Å²) in [4.78, 5) is 30.4. The normalized spacial score (nSPS) is 16.1. The van der Waals surface area contributed by atoms with Crippen LogP contribution in [-0.2, 0) is 16.1 Å². The first-order chi connectivity index (χ1) is 15.6. The zero-order chi connectivity index (χ0) is 22.1. The van der Waals surface area contributed by atoms with Crippen molar-refractivity contribution in [3.05, 3.63) is 64.7 Å². The Kier molecular flexibility index (Phi) is 5.67. The van der Waals surface area contributed by atoms with E-state index in [1.165, 1.54) is 22.8 Å². The number of benzene rings is 2. The summed E-state index contributed by atoms with van der Waals surface area (Å²) in [5, 5.41) is 3.82. The second-order valence-corrected chi connectivity index (χ2v) is 8.51. The highest BCUT2D eigenvalue weighted by atomic mass is 32.2. The Hall–Kier alpha value is -3.17. The van der Waals surface area contributed by atoms with Gasteiger partial charge in [0.1, 0.15) is 16.9 Å². The van der Waals surface area contributed by atoms with E-state index in [1.54, 1.807) is 12.1 Å². The molecule has 1 atom stereocenters. The Morgan fingerprint density at radius 2 is 2.12 bits per heavy atom. The molecule has 0 spiro atoms. The van der Waals surface area contributed by atoms with E-state index in [-0.39, 0.29) is 28.9 Å². The van der Waals surface area contributed by atoms with Crippen molar-refractivity contribution in [2.24, 2.45) is 0 Å². The highest BCUT2D eigenvalue weighted by Crippen LogP contribution is 2.28. The van der Waals surface area contributed by atoms with Crippen LogP contribution in [0.2, 0.25) is 0 Å². The number of furan rings is 1. The van der Waals surface area contributed by atoms with E-state index in [4.69, 9.17) is 14.1 Å². The van der Waals surface area contributed by atoms with Crippen LogP contribution >= 0.6 is 11.8 Å². The summed E-state index contributed by atoms with van der Waals surface area (Å²) >= 11 is 1.15. The molecule has 5 rings (SSSR count). The number of amides is 1. The molecule has 164 valence electrons. The van der Waals surface area contributed by atoms with E-state index in [0.29, 0.717) is 35.1 Å². The molecule has 1 saturated heterocycles. The lowest BCUT2D eigenvalue weighted by atomic mass is 10.2. The predicted molar refractivity (Wildman–Crippen MR) is 121 cm³/mol. The number of thioether (sulfide) groups is 1. The molecule has 1 N–H and O–H groups in total. The van der Waals surface area contributed by atoms with E-state index in [9.17, 15) is 14.0 Å². The van der Waals surface area contributed by atoms with Crippen molar-refractivity contribution >= 4 is 45.4 Å². The fourth-order valence-electron chi connectivity index (χ4n) is 3.81. The lowest BCUT2D eigenvalue weighted by Gasteiger charge is -2.15. The second kappa shape index (κ2) is 8.76. The van der Waals surface area contributed by atoms with Crippen LogP contribution in [0.25, 0.3) is 22.1 Å². The molecule has 32 heavy (non-hydrogen) atoms. The van der Waals surface area contributed by atoms with Gasteiger partial charge in [-0.2, -0.15) is 0 Å². The van der Waals surface area contributed by atoms with Crippen molar-refractivity contribution < 1.29 is 18.3 Å². The van der Waals surface area contributed by atoms with Gasteiger partial charge in [0.25, 0.3) is 5.56 Å². The predicted octanol–water partition coefficient (Wildman–Crippen LogP) is 4.19. The Balaban J connectivity index is 1.47. The van der Waals surface area contributed by atoms with Gasteiger partial charge >= 0.3 is 0 Å². The molecular weight excluding hydrogens is 433 g/mol. The summed E-state index contributed by atoms with van der Waals surface area (Å²) in [5.41, 5.74) is 1.33. The third-order valence-corrected chi connectivity index (χ3v) is 6.27. The van der Waals surface area contributed by atoms with Gasteiger partial charge in [0.05, 0.1) is 18.4 Å². The summed E-state index contributed by atoms with van der Waals surface area (Å²) < 4.78 is 26.4. The first-order valence-electron chi connectivity index (χ1n) is 10.3. The van der Waals surface area contributed by atoms with E-state index >= 15 is 0 Å². The maximum atomic E-state index is 13.4. The van der Waals surface area contributed by atoms with Crippen molar-refractivity contribution in [3.63, 3.8) is 0 Å². The Morgan fingerprint density at radius 3 is 2.94 bits per heavy atom. The number of nitrogens with zero attached hydrogens (tertiary/aromatic N) is 2. The fraction of sp³-hybridized carbons (Fsp3) is 0.261. The smallest absolute Gasteiger partial charge is 0.297 e. The van der Waals surface area contributed by atoms with E-state index in [0.717, 1.165) is 30.0 Å². The maximum absolute atomic E-state index is 13.4. The van der Waals surface area contributed by atoms with Gasteiger partial charge in [0.2, 0.25) is 11.5 Å². The molecule has 0 bridgehead atoms. The lowest BCUT2D eigenvalue weighted by Crippen LogP contribution is -2.29. The van der Waals surface area contributed by atoms with Crippen LogP contribution in [0.4, 0.5) is 10.1 Å². The number of anilines is 1. The molecule has 1 aliphatic rings. The number of hydrogen-bond acceptors (Lipinski definition) is 6. The third kappa shape index (κ3) is 4.13. The van der Waals surface area contributed by atoms with Gasteiger partial charge in [-0.15, -0.1) is 0 Å². The van der Waals surface area contributed by atoms with Crippen LogP contribution in [0.15, 0.2) is 62.9 Å². The highest BCUT2D eigenvalue weighted by Gasteiger charge is 2.23. The Morgan fingerprint density at radius 1 is 1.25 bits per heavy atom. The van der Waals surface area contributed by atoms with Crippen LogP contribution in [0.1, 0.15) is 12.8 Å². The maximum Gasteiger partial charge on any atom is 0.297 e. The molecule has 9 heteroatoms. The minimum atomic E-state index is -0.431. The fourth-order valence-corrected chi connectivity index (χ4v) is 4.61. The van der Waals surface area contributed by atoms with E-state index < -0.39 is 5.82 Å². The van der Waals surface area contributed by atoms with Crippen molar-refractivity contribution in [2.45, 2.75) is 30.6 Å². The zero-order valence-electron chi connectivity index (χ0n) is 17.0. The molecule has 1 fully saturated rings. The number of hydrogen-bond donors (Lipinski definition) is 1. The monoisotopic (exact) mass is 453 g/mol. The van der Waals surface area contributed by atoms with Crippen LogP contribution in [-0.4, -0.2) is 33.9 Å². The van der Waals surface area contributed by atoms with Crippen molar-refractivity contribution in [3.8, 4) is 0 Å². The minimum absolute atomic E-state index is 0.00969. The summed E-state index contributed by atoms with van der Waals surface area (Å²) in [6.45, 7) is 1.00. The Labute approximate surface area is 186 Å². The molecule has 3 heterocycles. The number of carbonyl (C=O) groups is 1. The summed E-state index contributed by atoms with van der Waals surface area (Å²) in [7, 11) is 0. The summed E-state index contributed by atoms with van der Waals surface area (Å²) in [5.74, 6) is -0.745. The van der Waals surface area contributed by atoms with Crippen molar-refractivity contribution in [2.75, 3.05) is 17.7 Å². The zero-order valence-corrected chi connectivity index (χ0v) is 17.9. The quantitative estimate of drug-likeness (QED) is 0.348. The molecule has 7 nitrogen and oxygen atoms in total. The van der Waals surface area contributed by atoms with Crippen LogP contribution in [0, 0.1) is 5.82 Å². The number of rotatable bonds is 6. The largest absolute Gasteiger partial charge is 0.448 e. The average molecular weight is 453 g/mol. The molecule has 1 unspecified atom stereocenters. The van der Waals surface area contributed by atoms with Gasteiger partial charge in [-0.05, 0) is 43.2 Å². The van der Waals surface area contributed by atoms with Gasteiger partial charge in [-0.3, -0.25) is 14.2 Å². The highest BCUT2D eigenvalue weighted by molar-refractivity contribution is 7.99. The lowest BCUT2D eigenvalue weighted by molar-refractivity contribution is -0.113. The van der Waals surface area contributed by atoms with Crippen LogP contribution < -0.4 is 10.9 Å². The van der Waals surface area contributed by atoms with Gasteiger partial charge in [-0.1, -0.05) is 30.0 Å². The third-order valence-electron chi connectivity index (χ3n) is 5.30. The van der Waals surface area contributed by atoms with Gasteiger partial charge in [0.15, 0.2) is 5.16 Å². The topological polar surface area (TPSA) is 86.4 Å². The molecule has 0 radical (unpaired) electrons. The van der Waals surface area contributed by atoms with Crippen molar-refractivity contribution in [1.29, 1.82) is 0 Å². The molecular formula is C23H20FN3O4S. The first-order valence-corrected chi connectivity index (χ1v) is 11.3.